The fourth-order valence-electron chi connectivity index (χ4n) is 3.14. The second kappa shape index (κ2) is 10.9. The minimum Gasteiger partial charge on any atom is -0.404 e. The number of halogens is 1. The summed E-state index contributed by atoms with van der Waals surface area (Å²) in [7, 11) is 0. The fraction of sp³-hybridized carbons (Fsp3) is 0.304. The molecule has 0 saturated heterocycles. The number of nitrogens with two attached hydrogens (primary N) is 3. The largest absolute Gasteiger partial charge is 0.404 e. The average molecular weight is 469 g/mol. The van der Waals surface area contributed by atoms with Crippen molar-refractivity contribution in [2.75, 3.05) is 11.9 Å². The summed E-state index contributed by atoms with van der Waals surface area (Å²) in [5.41, 5.74) is 7.69. The predicted octanol–water partition coefficient (Wildman–Crippen LogP) is 1.49. The first-order valence-corrected chi connectivity index (χ1v) is 10.8. The van der Waals surface area contributed by atoms with Gasteiger partial charge >= 0.3 is 0 Å². The Bertz CT molecular complexity index is 1140. The van der Waals surface area contributed by atoms with Crippen molar-refractivity contribution in [1.82, 2.24) is 9.99 Å². The molecule has 1 aromatic heterocycles. The molecular formula is C23H29FN8O2. The van der Waals surface area contributed by atoms with Crippen LogP contribution in [0.2, 0.25) is 0 Å². The van der Waals surface area contributed by atoms with Crippen molar-refractivity contribution in [1.29, 1.82) is 0 Å². The smallest absolute Gasteiger partial charge is 0.259 e. The van der Waals surface area contributed by atoms with Crippen molar-refractivity contribution in [3.8, 4) is 0 Å². The Morgan fingerprint density at radius 1 is 1.38 bits per heavy atom. The van der Waals surface area contributed by atoms with E-state index in [1.165, 1.54) is 29.4 Å². The van der Waals surface area contributed by atoms with E-state index in [1.54, 1.807) is 32.2 Å². The number of aryl methyl sites for hydroxylation is 1. The van der Waals surface area contributed by atoms with E-state index in [4.69, 9.17) is 17.4 Å². The van der Waals surface area contributed by atoms with Gasteiger partial charge in [0.1, 0.15) is 17.3 Å². The predicted molar refractivity (Wildman–Crippen MR) is 130 cm³/mol. The number of amides is 1. The number of hydrazone groups is 1. The lowest BCUT2D eigenvalue weighted by molar-refractivity contribution is 0.102. The summed E-state index contributed by atoms with van der Waals surface area (Å²) >= 11 is 0. The van der Waals surface area contributed by atoms with Gasteiger partial charge < -0.3 is 22.0 Å². The standard InChI is InChI=1S/C23H29FN8O2/c1-13-8-19(24)18(9-17(13)15(10-25)11-28-16-6-7-16)23(34)30-21-5-3-4-20(29-21)22(31-26)32(27)14(2)12-33/h3-5,8-11,14,16,33H,6-7,12,25-27H2,1-2H3,(H,29,30,34)/b15-10+,28-11?,31-22-. The maximum atomic E-state index is 14.7. The highest BCUT2D eigenvalue weighted by Crippen LogP contribution is 2.26. The molecule has 0 spiro atoms. The van der Waals surface area contributed by atoms with Gasteiger partial charge in [0.2, 0.25) is 0 Å². The molecule has 0 aliphatic heterocycles. The topological polar surface area (TPSA) is 168 Å². The van der Waals surface area contributed by atoms with Crippen LogP contribution in [0, 0.1) is 12.7 Å². The summed E-state index contributed by atoms with van der Waals surface area (Å²) in [6.07, 6.45) is 5.12. The minimum atomic E-state index is -0.696. The Morgan fingerprint density at radius 3 is 2.74 bits per heavy atom. The van der Waals surface area contributed by atoms with Gasteiger partial charge in [0, 0.05) is 18.0 Å². The zero-order valence-corrected chi connectivity index (χ0v) is 19.1. The van der Waals surface area contributed by atoms with E-state index in [0.717, 1.165) is 12.8 Å². The molecule has 0 bridgehead atoms. The molecule has 0 radical (unpaired) electrons. The summed E-state index contributed by atoms with van der Waals surface area (Å²) in [6.45, 7) is 3.18. The Labute approximate surface area is 197 Å². The van der Waals surface area contributed by atoms with E-state index < -0.39 is 17.8 Å². The first-order valence-electron chi connectivity index (χ1n) is 10.8. The number of amidine groups is 1. The molecule has 34 heavy (non-hydrogen) atoms. The number of aromatic nitrogens is 1. The van der Waals surface area contributed by atoms with Crippen LogP contribution in [0.4, 0.5) is 10.2 Å². The number of rotatable bonds is 8. The maximum absolute atomic E-state index is 14.7. The van der Waals surface area contributed by atoms with Gasteiger partial charge in [-0.1, -0.05) is 6.07 Å². The number of carbonyl (C=O) groups excluding carboxylic acids is 1. The molecule has 1 aliphatic carbocycles. The van der Waals surface area contributed by atoms with Gasteiger partial charge in [0.05, 0.1) is 24.3 Å². The quantitative estimate of drug-likeness (QED) is 0.169. The Hall–Kier alpha value is -3.83. The molecule has 1 atom stereocenters. The normalized spacial score (nSPS) is 15.4. The molecule has 1 unspecified atom stereocenters. The molecule has 180 valence electrons. The summed E-state index contributed by atoms with van der Waals surface area (Å²) in [5, 5.41) is 16.7. The number of benzene rings is 1. The molecule has 3 rings (SSSR count). The van der Waals surface area contributed by atoms with Crippen LogP contribution < -0.4 is 22.7 Å². The van der Waals surface area contributed by atoms with Crippen LogP contribution in [-0.2, 0) is 0 Å². The third kappa shape index (κ3) is 5.74. The van der Waals surface area contributed by atoms with Crippen molar-refractivity contribution in [2.24, 2.45) is 27.5 Å². The Morgan fingerprint density at radius 2 is 2.12 bits per heavy atom. The molecule has 1 aliphatic rings. The third-order valence-corrected chi connectivity index (χ3v) is 5.35. The average Bonchev–Trinajstić information content (AvgIpc) is 3.65. The number of aliphatic imine (C=N–C) groups is 1. The number of allylic oxidation sites excluding steroid dienone is 1. The number of nitrogens with one attached hydrogen (secondary N) is 1. The van der Waals surface area contributed by atoms with Gasteiger partial charge in [-0.3, -0.25) is 14.8 Å². The number of hydrogen-bond acceptors (Lipinski definition) is 8. The van der Waals surface area contributed by atoms with E-state index in [2.05, 4.69) is 20.4 Å². The summed E-state index contributed by atoms with van der Waals surface area (Å²) in [4.78, 5) is 21.7. The number of aliphatic hydroxyl groups is 1. The molecule has 1 saturated carbocycles. The first-order chi connectivity index (χ1) is 16.3. The number of anilines is 1. The highest BCUT2D eigenvalue weighted by atomic mass is 19.1. The van der Waals surface area contributed by atoms with E-state index >= 15 is 0 Å². The number of pyridine rings is 1. The van der Waals surface area contributed by atoms with Gasteiger partial charge in [-0.15, -0.1) is 0 Å². The molecule has 1 aromatic carbocycles. The highest BCUT2D eigenvalue weighted by Gasteiger charge is 2.21. The molecule has 2 aromatic rings. The van der Waals surface area contributed by atoms with E-state index in [-0.39, 0.29) is 29.5 Å². The number of aliphatic hydroxyl groups excluding tert-OH is 1. The second-order valence-electron chi connectivity index (χ2n) is 8.03. The number of hydrazine groups is 1. The zero-order chi connectivity index (χ0) is 24.8. The lowest BCUT2D eigenvalue weighted by Crippen LogP contribution is -2.47. The van der Waals surface area contributed by atoms with Crippen LogP contribution in [-0.4, -0.2) is 51.7 Å². The first kappa shape index (κ1) is 24.8. The summed E-state index contributed by atoms with van der Waals surface area (Å²) < 4.78 is 14.7. The van der Waals surface area contributed by atoms with Crippen LogP contribution in [0.25, 0.3) is 5.57 Å². The highest BCUT2D eigenvalue weighted by molar-refractivity contribution is 6.12. The van der Waals surface area contributed by atoms with Crippen molar-refractivity contribution >= 4 is 29.3 Å². The van der Waals surface area contributed by atoms with Crippen molar-refractivity contribution in [2.45, 2.75) is 38.8 Å². The minimum absolute atomic E-state index is 0.106. The van der Waals surface area contributed by atoms with Crippen LogP contribution in [0.1, 0.15) is 46.9 Å². The Balaban J connectivity index is 1.86. The second-order valence-corrected chi connectivity index (χ2v) is 8.03. The Kier molecular flexibility index (Phi) is 7.92. The third-order valence-electron chi connectivity index (χ3n) is 5.35. The van der Waals surface area contributed by atoms with Crippen molar-refractivity contribution in [3.05, 3.63) is 64.7 Å². The lowest BCUT2D eigenvalue weighted by atomic mass is 9.98. The van der Waals surface area contributed by atoms with E-state index in [0.29, 0.717) is 22.7 Å². The van der Waals surface area contributed by atoms with Crippen LogP contribution >= 0.6 is 0 Å². The van der Waals surface area contributed by atoms with Crippen LogP contribution in [0.3, 0.4) is 0 Å². The monoisotopic (exact) mass is 468 g/mol. The van der Waals surface area contributed by atoms with Gasteiger partial charge in [-0.05, 0) is 62.1 Å². The van der Waals surface area contributed by atoms with Crippen LogP contribution in [0.15, 0.2) is 46.6 Å². The van der Waals surface area contributed by atoms with E-state index in [9.17, 15) is 14.3 Å². The summed E-state index contributed by atoms with van der Waals surface area (Å²) in [6, 6.07) is 7.28. The molecule has 11 heteroatoms. The van der Waals surface area contributed by atoms with Crippen molar-refractivity contribution in [3.63, 3.8) is 0 Å². The molecule has 8 N–H and O–H groups in total. The lowest BCUT2D eigenvalue weighted by Gasteiger charge is -2.25. The maximum Gasteiger partial charge on any atom is 0.259 e. The van der Waals surface area contributed by atoms with Gasteiger partial charge in [0.15, 0.2) is 5.84 Å². The molecular weight excluding hydrogens is 439 g/mol. The summed E-state index contributed by atoms with van der Waals surface area (Å²) in [5.74, 6) is 10.3. The van der Waals surface area contributed by atoms with E-state index in [1.807, 2.05) is 0 Å². The fourth-order valence-corrected chi connectivity index (χ4v) is 3.14. The van der Waals surface area contributed by atoms with Crippen LogP contribution in [0.5, 0.6) is 0 Å². The molecule has 1 fully saturated rings. The number of hydrogen-bond donors (Lipinski definition) is 5. The van der Waals surface area contributed by atoms with Gasteiger partial charge in [-0.2, -0.15) is 5.10 Å². The number of nitrogens with zero attached hydrogens (tertiary/aromatic N) is 4. The van der Waals surface area contributed by atoms with Crippen molar-refractivity contribution < 1.29 is 14.3 Å². The zero-order valence-electron chi connectivity index (χ0n) is 19.1. The molecule has 1 heterocycles. The van der Waals surface area contributed by atoms with Gasteiger partial charge in [0.25, 0.3) is 5.91 Å². The molecule has 1 amide bonds. The molecule has 10 nitrogen and oxygen atoms in total. The number of carbonyl (C=O) groups is 1. The van der Waals surface area contributed by atoms with Gasteiger partial charge in [-0.25, -0.2) is 15.2 Å². The SMILES string of the molecule is Cc1cc(F)c(C(=O)Nc2cccc(/C(=N/N)N(N)C(C)CO)n2)cc1/C(C=NC1CC1)=C/N.